The fraction of sp³-hybridized carbons (Fsp3) is 0.533. The lowest BCUT2D eigenvalue weighted by molar-refractivity contribution is -0.150. The summed E-state index contributed by atoms with van der Waals surface area (Å²) in [5.41, 5.74) is 1.71. The lowest BCUT2D eigenvalue weighted by Gasteiger charge is -2.48. The summed E-state index contributed by atoms with van der Waals surface area (Å²) in [5, 5.41) is 14.0. The van der Waals surface area contributed by atoms with Crippen LogP contribution in [0.2, 0.25) is 0 Å². The minimum atomic E-state index is -0.725. The number of oxime groups is 1. The molecule has 1 atom stereocenters. The van der Waals surface area contributed by atoms with E-state index in [0.717, 1.165) is 47.1 Å². The number of rotatable bonds is 8. The van der Waals surface area contributed by atoms with E-state index in [1.54, 1.807) is 12.1 Å². The van der Waals surface area contributed by atoms with Gasteiger partial charge in [-0.15, -0.1) is 0 Å². The van der Waals surface area contributed by atoms with Crippen molar-refractivity contribution in [2.24, 2.45) is 16.5 Å². The van der Waals surface area contributed by atoms with Gasteiger partial charge in [-0.3, -0.25) is 9.69 Å². The number of hydrogen-bond acceptors (Lipinski definition) is 7. The van der Waals surface area contributed by atoms with Crippen LogP contribution in [0.25, 0.3) is 11.1 Å². The lowest BCUT2D eigenvalue weighted by atomic mass is 9.78. The summed E-state index contributed by atoms with van der Waals surface area (Å²) < 4.78 is 25.6. The fourth-order valence-electron chi connectivity index (χ4n) is 5.89. The largest absolute Gasteiger partial charge is 0.493 e. The van der Waals surface area contributed by atoms with Gasteiger partial charge >= 0.3 is 5.97 Å². The van der Waals surface area contributed by atoms with E-state index < -0.39 is 11.4 Å². The minimum absolute atomic E-state index is 0.127. The first kappa shape index (κ1) is 27.2. The van der Waals surface area contributed by atoms with Crippen molar-refractivity contribution in [3.05, 3.63) is 47.8 Å². The quantitative estimate of drug-likeness (QED) is 0.505. The van der Waals surface area contributed by atoms with Gasteiger partial charge in [-0.05, 0) is 69.0 Å². The molecule has 0 radical (unpaired) electrons. The molecule has 0 saturated carbocycles. The first-order valence-corrected chi connectivity index (χ1v) is 13.8. The molecule has 0 bridgehead atoms. The van der Waals surface area contributed by atoms with Crippen molar-refractivity contribution in [1.29, 1.82) is 0 Å². The predicted octanol–water partition coefficient (Wildman–Crippen LogP) is 5.01. The van der Waals surface area contributed by atoms with Gasteiger partial charge in [0.1, 0.15) is 17.3 Å². The van der Waals surface area contributed by atoms with Crippen LogP contribution < -0.4 is 9.47 Å². The number of hydrogen-bond donors (Lipinski definition) is 1. The van der Waals surface area contributed by atoms with E-state index in [9.17, 15) is 14.3 Å². The van der Waals surface area contributed by atoms with E-state index in [0.29, 0.717) is 45.7 Å². The van der Waals surface area contributed by atoms with Crippen LogP contribution >= 0.6 is 0 Å². The second-order valence-electron chi connectivity index (χ2n) is 11.2. The number of halogens is 1. The van der Waals surface area contributed by atoms with E-state index in [2.05, 4.69) is 21.9 Å². The highest BCUT2D eigenvalue weighted by Gasteiger charge is 2.56. The second-order valence-corrected chi connectivity index (χ2v) is 11.2. The molecule has 2 saturated heterocycles. The molecule has 0 aliphatic carbocycles. The molecule has 3 aliphatic heterocycles. The number of nitrogens with zero attached hydrogens (tertiary/aromatic N) is 3. The molecule has 1 spiro atoms. The summed E-state index contributed by atoms with van der Waals surface area (Å²) in [4.78, 5) is 22.2. The van der Waals surface area contributed by atoms with Crippen molar-refractivity contribution in [3.8, 4) is 22.6 Å². The number of piperidine rings is 1. The van der Waals surface area contributed by atoms with Crippen molar-refractivity contribution in [1.82, 2.24) is 9.80 Å². The summed E-state index contributed by atoms with van der Waals surface area (Å²) in [7, 11) is 0. The highest BCUT2D eigenvalue weighted by atomic mass is 19.1. The molecule has 39 heavy (non-hydrogen) atoms. The van der Waals surface area contributed by atoms with E-state index >= 15 is 0 Å². The Morgan fingerprint density at radius 1 is 1.10 bits per heavy atom. The average molecular weight is 540 g/mol. The number of carboxylic acids is 1. The molecule has 2 fully saturated rings. The molecule has 9 heteroatoms. The molecule has 1 unspecified atom stereocenters. The average Bonchev–Trinajstić information content (AvgIpc) is 3.22. The highest BCUT2D eigenvalue weighted by Crippen LogP contribution is 2.44. The topological polar surface area (TPSA) is 83.8 Å². The number of ether oxygens (including phenoxy) is 2. The number of aliphatic carboxylic acids is 1. The number of carboxylic acid groups (broad SMARTS) is 1. The normalized spacial score (nSPS) is 21.7. The summed E-state index contributed by atoms with van der Waals surface area (Å²) in [6.45, 7) is 12.4. The number of amidine groups is 1. The zero-order valence-corrected chi connectivity index (χ0v) is 23.2. The van der Waals surface area contributed by atoms with E-state index in [-0.39, 0.29) is 17.3 Å². The van der Waals surface area contributed by atoms with Crippen LogP contribution in [0.5, 0.6) is 11.5 Å². The maximum Gasteiger partial charge on any atom is 0.309 e. The SMILES string of the molecule is CCOc1cc(CN2CC3(C2)ON=C(N2CCC(C)(C(=O)O)CC2)C3C)cc(OCC)c1-c1ccc(F)cc1. The third-order valence-electron chi connectivity index (χ3n) is 8.45. The van der Waals surface area contributed by atoms with Crippen molar-refractivity contribution >= 4 is 11.8 Å². The Morgan fingerprint density at radius 3 is 2.23 bits per heavy atom. The maximum atomic E-state index is 13.6. The van der Waals surface area contributed by atoms with Crippen molar-refractivity contribution in [2.75, 3.05) is 39.4 Å². The predicted molar refractivity (Wildman–Crippen MR) is 146 cm³/mol. The van der Waals surface area contributed by atoms with Gasteiger partial charge in [0.25, 0.3) is 0 Å². The molecule has 1 N–H and O–H groups in total. The van der Waals surface area contributed by atoms with Crippen LogP contribution in [0.3, 0.4) is 0 Å². The lowest BCUT2D eigenvalue weighted by Crippen LogP contribution is -2.65. The van der Waals surface area contributed by atoms with Crippen molar-refractivity contribution in [2.45, 2.75) is 52.7 Å². The summed E-state index contributed by atoms with van der Waals surface area (Å²) in [6.07, 6.45) is 1.21. The van der Waals surface area contributed by atoms with Crippen molar-refractivity contribution < 1.29 is 28.6 Å². The van der Waals surface area contributed by atoms with E-state index in [1.807, 2.05) is 32.9 Å². The molecule has 2 aromatic rings. The van der Waals surface area contributed by atoms with Crippen LogP contribution in [-0.2, 0) is 16.2 Å². The summed E-state index contributed by atoms with van der Waals surface area (Å²) in [5.74, 6) is 1.48. The highest BCUT2D eigenvalue weighted by molar-refractivity contribution is 5.87. The van der Waals surface area contributed by atoms with Gasteiger partial charge in [0.15, 0.2) is 11.4 Å². The van der Waals surface area contributed by atoms with Gasteiger partial charge < -0.3 is 24.3 Å². The van der Waals surface area contributed by atoms with Gasteiger partial charge in [0.05, 0.1) is 30.1 Å². The van der Waals surface area contributed by atoms with Gasteiger partial charge in [-0.25, -0.2) is 4.39 Å². The molecule has 210 valence electrons. The Bertz CT molecular complexity index is 1210. The monoisotopic (exact) mass is 539 g/mol. The number of likely N-dealkylation sites (tertiary alicyclic amines) is 2. The molecule has 5 rings (SSSR count). The standard InChI is InChI=1S/C30H38FN3O5/c1-5-37-24-15-21(16-25(38-6-2)26(24)22-7-9-23(31)10-8-22)17-33-18-30(19-33)20(3)27(32-39-30)34-13-11-29(4,12-14-34)28(35)36/h7-10,15-16,20H,5-6,11-14,17-19H2,1-4H3,(H,35,36). The molecule has 8 nitrogen and oxygen atoms in total. The summed E-state index contributed by atoms with van der Waals surface area (Å²) >= 11 is 0. The zero-order valence-electron chi connectivity index (χ0n) is 23.2. The molecule has 0 amide bonds. The third kappa shape index (κ3) is 5.16. The number of carbonyl (C=O) groups is 1. The first-order chi connectivity index (χ1) is 18.7. The molecule has 3 aliphatic rings. The molecule has 2 aromatic carbocycles. The van der Waals surface area contributed by atoms with Crippen LogP contribution in [0.15, 0.2) is 41.6 Å². The van der Waals surface area contributed by atoms with Gasteiger partial charge in [-0.2, -0.15) is 0 Å². The van der Waals surface area contributed by atoms with E-state index in [4.69, 9.17) is 14.3 Å². The Morgan fingerprint density at radius 2 is 1.69 bits per heavy atom. The minimum Gasteiger partial charge on any atom is -0.493 e. The van der Waals surface area contributed by atoms with Gasteiger partial charge in [0, 0.05) is 32.7 Å². The second kappa shape index (κ2) is 10.7. The number of benzene rings is 2. The molecular formula is C30H38FN3O5. The molecular weight excluding hydrogens is 501 g/mol. The van der Waals surface area contributed by atoms with E-state index in [1.165, 1.54) is 12.1 Å². The van der Waals surface area contributed by atoms with Gasteiger partial charge in [0.2, 0.25) is 0 Å². The zero-order chi connectivity index (χ0) is 27.8. The Labute approximate surface area is 229 Å². The van der Waals surface area contributed by atoms with Gasteiger partial charge in [-0.1, -0.05) is 24.2 Å². The first-order valence-electron chi connectivity index (χ1n) is 13.8. The third-order valence-corrected chi connectivity index (χ3v) is 8.45. The van der Waals surface area contributed by atoms with Crippen LogP contribution in [0.4, 0.5) is 4.39 Å². The van der Waals surface area contributed by atoms with Crippen LogP contribution in [0.1, 0.15) is 46.1 Å². The Kier molecular flexibility index (Phi) is 7.46. The van der Waals surface area contributed by atoms with Crippen LogP contribution in [0, 0.1) is 17.2 Å². The summed E-state index contributed by atoms with van der Waals surface area (Å²) in [6, 6.07) is 10.5. The Hall–Kier alpha value is -3.33. The molecule has 0 aromatic heterocycles. The van der Waals surface area contributed by atoms with Crippen LogP contribution in [-0.4, -0.2) is 71.7 Å². The smallest absolute Gasteiger partial charge is 0.309 e. The Balaban J connectivity index is 1.27. The fourth-order valence-corrected chi connectivity index (χ4v) is 5.89. The van der Waals surface area contributed by atoms with Crippen molar-refractivity contribution in [3.63, 3.8) is 0 Å². The molecule has 3 heterocycles. The maximum absolute atomic E-state index is 13.6.